The van der Waals surface area contributed by atoms with Crippen LogP contribution in [-0.2, 0) is 11.2 Å². The summed E-state index contributed by atoms with van der Waals surface area (Å²) >= 11 is 2.38. The van der Waals surface area contributed by atoms with Crippen molar-refractivity contribution in [2.24, 2.45) is 0 Å². The van der Waals surface area contributed by atoms with Gasteiger partial charge in [0.05, 0.1) is 5.75 Å². The van der Waals surface area contributed by atoms with Gasteiger partial charge in [-0.25, -0.2) is 13.8 Å². The number of rotatable bonds is 7. The van der Waals surface area contributed by atoms with Gasteiger partial charge in [-0.3, -0.25) is 9.59 Å². The molecule has 0 fully saturated rings. The summed E-state index contributed by atoms with van der Waals surface area (Å²) in [5, 5.41) is 3.14. The fraction of sp³-hybridized carbons (Fsp3) is 0.150. The molecule has 0 unspecified atom stereocenters. The van der Waals surface area contributed by atoms with E-state index in [1.165, 1.54) is 48.6 Å². The molecule has 0 aliphatic heterocycles. The average Bonchev–Trinajstić information content (AvgIpc) is 3.09. The minimum atomic E-state index is -0.527. The third-order valence-electron chi connectivity index (χ3n) is 3.79. The lowest BCUT2D eigenvalue weighted by atomic mass is 10.1. The number of nitrogens with zero attached hydrogens (tertiary/aromatic N) is 1. The molecule has 1 N–H and O–H groups in total. The Labute approximate surface area is 169 Å². The van der Waals surface area contributed by atoms with Crippen LogP contribution in [0.25, 0.3) is 0 Å². The molecule has 0 saturated carbocycles. The number of thiazole rings is 1. The summed E-state index contributed by atoms with van der Waals surface area (Å²) in [6.45, 7) is 1.37. The van der Waals surface area contributed by atoms with Crippen molar-refractivity contribution in [2.45, 2.75) is 18.2 Å². The smallest absolute Gasteiger partial charge is 0.236 e. The highest BCUT2D eigenvalue weighted by Gasteiger charge is 2.11. The zero-order valence-corrected chi connectivity index (χ0v) is 16.5. The van der Waals surface area contributed by atoms with E-state index in [0.29, 0.717) is 22.0 Å². The molecule has 4 nitrogen and oxygen atoms in total. The van der Waals surface area contributed by atoms with Gasteiger partial charge in [0.1, 0.15) is 11.6 Å². The molecule has 8 heteroatoms. The Hall–Kier alpha value is -2.58. The third-order valence-corrected chi connectivity index (χ3v) is 5.75. The van der Waals surface area contributed by atoms with Gasteiger partial charge in [0.25, 0.3) is 0 Å². The number of ketones is 1. The highest BCUT2D eigenvalue weighted by Crippen LogP contribution is 2.25. The first-order valence-electron chi connectivity index (χ1n) is 8.33. The van der Waals surface area contributed by atoms with Crippen LogP contribution in [0.4, 0.5) is 13.9 Å². The molecule has 0 spiro atoms. The standard InChI is InChI=1S/C20H16F2N2O2S2/c1-12(25)14-4-7-18(17(22)9-14)27-11-19(26)24-20-23-10-16(28-20)8-13-2-5-15(21)6-3-13/h2-7,9-10H,8,11H2,1H3,(H,23,24,26). The molecular weight excluding hydrogens is 402 g/mol. The van der Waals surface area contributed by atoms with Crippen LogP contribution in [0.2, 0.25) is 0 Å². The van der Waals surface area contributed by atoms with Crippen molar-refractivity contribution < 1.29 is 18.4 Å². The van der Waals surface area contributed by atoms with Gasteiger partial charge in [-0.15, -0.1) is 23.1 Å². The maximum Gasteiger partial charge on any atom is 0.236 e. The predicted octanol–water partition coefficient (Wildman–Crippen LogP) is 4.95. The summed E-state index contributed by atoms with van der Waals surface area (Å²) in [6, 6.07) is 10.4. The molecule has 1 aromatic heterocycles. The van der Waals surface area contributed by atoms with Crippen molar-refractivity contribution in [2.75, 3.05) is 11.1 Å². The van der Waals surface area contributed by atoms with Crippen LogP contribution in [0, 0.1) is 11.6 Å². The van der Waals surface area contributed by atoms with Crippen molar-refractivity contribution in [3.05, 3.63) is 76.3 Å². The van der Waals surface area contributed by atoms with Crippen LogP contribution in [0.5, 0.6) is 0 Å². The summed E-state index contributed by atoms with van der Waals surface area (Å²) in [7, 11) is 0. The van der Waals surface area contributed by atoms with Gasteiger partial charge in [-0.1, -0.05) is 18.2 Å². The van der Waals surface area contributed by atoms with Crippen LogP contribution >= 0.6 is 23.1 Å². The summed E-state index contributed by atoms with van der Waals surface area (Å²) in [6.07, 6.45) is 2.26. The lowest BCUT2D eigenvalue weighted by Gasteiger charge is -2.05. The first-order chi connectivity index (χ1) is 13.4. The molecule has 3 rings (SSSR count). The summed E-state index contributed by atoms with van der Waals surface area (Å²) in [4.78, 5) is 28.7. The van der Waals surface area contributed by atoms with Crippen LogP contribution in [0.3, 0.4) is 0 Å². The first-order valence-corrected chi connectivity index (χ1v) is 10.1. The second-order valence-corrected chi connectivity index (χ2v) is 8.11. The Morgan fingerprint density at radius 1 is 1.14 bits per heavy atom. The molecule has 1 amide bonds. The number of thioether (sulfide) groups is 1. The SMILES string of the molecule is CC(=O)c1ccc(SCC(=O)Nc2ncc(Cc3ccc(F)cc3)s2)c(F)c1. The zero-order valence-electron chi connectivity index (χ0n) is 14.9. The van der Waals surface area contributed by atoms with Crippen molar-refractivity contribution in [1.82, 2.24) is 4.98 Å². The Morgan fingerprint density at radius 3 is 2.57 bits per heavy atom. The third kappa shape index (κ3) is 5.46. The molecule has 0 radical (unpaired) electrons. The molecule has 0 bridgehead atoms. The van der Waals surface area contributed by atoms with E-state index in [0.717, 1.165) is 22.2 Å². The molecule has 144 valence electrons. The molecule has 2 aromatic carbocycles. The number of anilines is 1. The number of carbonyl (C=O) groups excluding carboxylic acids is 2. The van der Waals surface area contributed by atoms with Crippen LogP contribution in [0.1, 0.15) is 27.7 Å². The number of amides is 1. The summed E-state index contributed by atoms with van der Waals surface area (Å²) < 4.78 is 26.9. The van der Waals surface area contributed by atoms with Crippen molar-refractivity contribution >= 4 is 39.9 Å². The number of aromatic nitrogens is 1. The molecule has 0 atom stereocenters. The second kappa shape index (κ2) is 9.07. The van der Waals surface area contributed by atoms with Crippen LogP contribution in [0.15, 0.2) is 53.6 Å². The Kier molecular flexibility index (Phi) is 6.53. The summed E-state index contributed by atoms with van der Waals surface area (Å²) in [5.74, 6) is -1.31. The van der Waals surface area contributed by atoms with Gasteiger partial charge in [-0.2, -0.15) is 0 Å². The van der Waals surface area contributed by atoms with E-state index in [1.54, 1.807) is 18.3 Å². The van der Waals surface area contributed by atoms with Crippen molar-refractivity contribution in [1.29, 1.82) is 0 Å². The number of halogens is 2. The van der Waals surface area contributed by atoms with E-state index in [2.05, 4.69) is 10.3 Å². The highest BCUT2D eigenvalue weighted by atomic mass is 32.2. The summed E-state index contributed by atoms with van der Waals surface area (Å²) in [5.41, 5.74) is 1.24. The fourth-order valence-corrected chi connectivity index (χ4v) is 3.97. The van der Waals surface area contributed by atoms with E-state index < -0.39 is 5.82 Å². The minimum absolute atomic E-state index is 0.0171. The minimum Gasteiger partial charge on any atom is -0.301 e. The molecule has 3 aromatic rings. The van der Waals surface area contributed by atoms with Gasteiger partial charge >= 0.3 is 0 Å². The van der Waals surface area contributed by atoms with E-state index >= 15 is 0 Å². The van der Waals surface area contributed by atoms with E-state index in [-0.39, 0.29) is 23.3 Å². The van der Waals surface area contributed by atoms with Gasteiger partial charge in [0.15, 0.2) is 10.9 Å². The van der Waals surface area contributed by atoms with Gasteiger partial charge in [0.2, 0.25) is 5.91 Å². The van der Waals surface area contributed by atoms with Gasteiger partial charge < -0.3 is 5.32 Å². The Bertz CT molecular complexity index is 1000. The lowest BCUT2D eigenvalue weighted by Crippen LogP contribution is -2.13. The molecular formula is C20H16F2N2O2S2. The molecule has 1 heterocycles. The Balaban J connectivity index is 1.53. The fourth-order valence-electron chi connectivity index (χ4n) is 2.39. The van der Waals surface area contributed by atoms with E-state index in [4.69, 9.17) is 0 Å². The quantitative estimate of drug-likeness (QED) is 0.436. The van der Waals surface area contributed by atoms with E-state index in [9.17, 15) is 18.4 Å². The number of hydrogen-bond donors (Lipinski definition) is 1. The highest BCUT2D eigenvalue weighted by molar-refractivity contribution is 8.00. The van der Waals surface area contributed by atoms with Crippen LogP contribution in [-0.4, -0.2) is 22.4 Å². The first kappa shape index (κ1) is 20.2. The Morgan fingerprint density at radius 2 is 1.89 bits per heavy atom. The van der Waals surface area contributed by atoms with Gasteiger partial charge in [0, 0.05) is 28.0 Å². The number of carbonyl (C=O) groups is 2. The zero-order chi connectivity index (χ0) is 20.1. The maximum atomic E-state index is 14.0. The number of nitrogens with one attached hydrogen (secondary N) is 1. The number of Topliss-reactive ketones (excluding diaryl/α,β-unsaturated/α-hetero) is 1. The second-order valence-electron chi connectivity index (χ2n) is 5.97. The molecule has 0 aliphatic rings. The van der Waals surface area contributed by atoms with Crippen molar-refractivity contribution in [3.63, 3.8) is 0 Å². The van der Waals surface area contributed by atoms with Crippen molar-refractivity contribution in [3.8, 4) is 0 Å². The topological polar surface area (TPSA) is 59.1 Å². The normalized spacial score (nSPS) is 10.7. The number of benzene rings is 2. The molecule has 0 aliphatic carbocycles. The monoisotopic (exact) mass is 418 g/mol. The number of hydrogen-bond acceptors (Lipinski definition) is 5. The predicted molar refractivity (Wildman–Crippen MR) is 107 cm³/mol. The molecule has 0 saturated heterocycles. The van der Waals surface area contributed by atoms with E-state index in [1.807, 2.05) is 0 Å². The average molecular weight is 418 g/mol. The van der Waals surface area contributed by atoms with Gasteiger partial charge in [-0.05, 0) is 36.8 Å². The lowest BCUT2D eigenvalue weighted by molar-refractivity contribution is -0.113. The van der Waals surface area contributed by atoms with Crippen LogP contribution < -0.4 is 5.32 Å². The maximum absolute atomic E-state index is 14.0. The largest absolute Gasteiger partial charge is 0.301 e. The molecule has 28 heavy (non-hydrogen) atoms.